The standard InChI is InChI=1S/C14H23NO/c1-5-11(15)10-16-13-9-7-6-8-12(13)14(2,3)4/h6-9,11H,5,10,15H2,1-4H3. The van der Waals surface area contributed by atoms with Crippen molar-refractivity contribution >= 4 is 0 Å². The normalized spacial score (nSPS) is 13.6. The number of hydrogen-bond donors (Lipinski definition) is 1. The van der Waals surface area contributed by atoms with E-state index in [9.17, 15) is 0 Å². The van der Waals surface area contributed by atoms with Gasteiger partial charge in [-0.2, -0.15) is 0 Å². The summed E-state index contributed by atoms with van der Waals surface area (Å²) in [4.78, 5) is 0. The Labute approximate surface area is 98.8 Å². The van der Waals surface area contributed by atoms with Crippen LogP contribution in [0.25, 0.3) is 0 Å². The van der Waals surface area contributed by atoms with Crippen LogP contribution in [0.5, 0.6) is 5.75 Å². The number of para-hydroxylation sites is 1. The molecule has 1 aromatic rings. The third kappa shape index (κ3) is 3.53. The van der Waals surface area contributed by atoms with Crippen LogP contribution in [0.1, 0.15) is 39.7 Å². The quantitative estimate of drug-likeness (QED) is 0.848. The van der Waals surface area contributed by atoms with Gasteiger partial charge in [0.1, 0.15) is 12.4 Å². The van der Waals surface area contributed by atoms with Gasteiger partial charge in [-0.1, -0.05) is 45.9 Å². The molecule has 16 heavy (non-hydrogen) atoms. The van der Waals surface area contributed by atoms with E-state index >= 15 is 0 Å². The minimum Gasteiger partial charge on any atom is -0.492 e. The second-order valence-corrected chi connectivity index (χ2v) is 5.23. The van der Waals surface area contributed by atoms with Gasteiger partial charge in [0.2, 0.25) is 0 Å². The van der Waals surface area contributed by atoms with Gasteiger partial charge in [0.15, 0.2) is 0 Å². The maximum absolute atomic E-state index is 5.85. The van der Waals surface area contributed by atoms with E-state index in [0.717, 1.165) is 12.2 Å². The molecule has 0 amide bonds. The maximum Gasteiger partial charge on any atom is 0.123 e. The molecule has 2 nitrogen and oxygen atoms in total. The fourth-order valence-corrected chi connectivity index (χ4v) is 1.53. The first-order valence-corrected chi connectivity index (χ1v) is 5.93. The number of benzene rings is 1. The molecule has 2 N–H and O–H groups in total. The molecule has 1 unspecified atom stereocenters. The SMILES string of the molecule is CCC(N)COc1ccccc1C(C)(C)C. The van der Waals surface area contributed by atoms with E-state index in [1.165, 1.54) is 5.56 Å². The summed E-state index contributed by atoms with van der Waals surface area (Å²) in [7, 11) is 0. The first-order chi connectivity index (χ1) is 7.45. The van der Waals surface area contributed by atoms with Crippen LogP contribution in [0.4, 0.5) is 0 Å². The minimum absolute atomic E-state index is 0.104. The van der Waals surface area contributed by atoms with Crippen molar-refractivity contribution in [1.82, 2.24) is 0 Å². The highest BCUT2D eigenvalue weighted by molar-refractivity contribution is 5.38. The van der Waals surface area contributed by atoms with Crippen molar-refractivity contribution in [3.8, 4) is 5.75 Å². The Morgan fingerprint density at radius 1 is 1.25 bits per heavy atom. The smallest absolute Gasteiger partial charge is 0.123 e. The first kappa shape index (κ1) is 13.0. The van der Waals surface area contributed by atoms with Gasteiger partial charge in [-0.05, 0) is 23.5 Å². The Hall–Kier alpha value is -1.02. The maximum atomic E-state index is 5.85. The average Bonchev–Trinajstić information content (AvgIpc) is 2.25. The molecule has 0 aliphatic heterocycles. The zero-order valence-corrected chi connectivity index (χ0v) is 10.8. The van der Waals surface area contributed by atoms with E-state index in [-0.39, 0.29) is 11.5 Å². The predicted molar refractivity (Wildman–Crippen MR) is 68.9 cm³/mol. The molecular weight excluding hydrogens is 198 g/mol. The Morgan fingerprint density at radius 3 is 2.44 bits per heavy atom. The fraction of sp³-hybridized carbons (Fsp3) is 0.571. The molecule has 0 aromatic heterocycles. The molecule has 1 rings (SSSR count). The molecule has 0 heterocycles. The summed E-state index contributed by atoms with van der Waals surface area (Å²) in [6.45, 7) is 9.23. The molecule has 90 valence electrons. The Balaban J connectivity index is 2.80. The van der Waals surface area contributed by atoms with Gasteiger partial charge in [0.25, 0.3) is 0 Å². The van der Waals surface area contributed by atoms with Crippen molar-refractivity contribution in [3.63, 3.8) is 0 Å². The van der Waals surface area contributed by atoms with Crippen LogP contribution >= 0.6 is 0 Å². The van der Waals surface area contributed by atoms with Gasteiger partial charge in [-0.25, -0.2) is 0 Å². The van der Waals surface area contributed by atoms with Crippen LogP contribution in [-0.2, 0) is 5.41 Å². The second kappa shape index (κ2) is 5.35. The van der Waals surface area contributed by atoms with Gasteiger partial charge < -0.3 is 10.5 Å². The van der Waals surface area contributed by atoms with Crippen LogP contribution in [0, 0.1) is 0 Å². The molecule has 0 aliphatic rings. The first-order valence-electron chi connectivity index (χ1n) is 5.93. The lowest BCUT2D eigenvalue weighted by Crippen LogP contribution is -2.27. The van der Waals surface area contributed by atoms with Crippen LogP contribution in [0.15, 0.2) is 24.3 Å². The van der Waals surface area contributed by atoms with Gasteiger partial charge in [-0.15, -0.1) is 0 Å². The summed E-state index contributed by atoms with van der Waals surface area (Å²) in [6, 6.07) is 8.30. The average molecular weight is 221 g/mol. The molecule has 2 heteroatoms. The number of ether oxygens (including phenoxy) is 1. The third-order valence-corrected chi connectivity index (χ3v) is 2.67. The molecule has 1 atom stereocenters. The molecule has 1 aromatic carbocycles. The van der Waals surface area contributed by atoms with Crippen LogP contribution in [0.2, 0.25) is 0 Å². The summed E-state index contributed by atoms with van der Waals surface area (Å²) in [6.07, 6.45) is 0.942. The highest BCUT2D eigenvalue weighted by atomic mass is 16.5. The fourth-order valence-electron chi connectivity index (χ4n) is 1.53. The molecule has 0 spiro atoms. The van der Waals surface area contributed by atoms with Crippen molar-refractivity contribution < 1.29 is 4.74 Å². The number of rotatable bonds is 4. The van der Waals surface area contributed by atoms with Gasteiger partial charge >= 0.3 is 0 Å². The molecule has 0 aliphatic carbocycles. The van der Waals surface area contributed by atoms with E-state index in [1.54, 1.807) is 0 Å². The second-order valence-electron chi connectivity index (χ2n) is 5.23. The molecule has 0 fully saturated rings. The molecule has 0 saturated heterocycles. The Bertz CT molecular complexity index is 328. The highest BCUT2D eigenvalue weighted by Crippen LogP contribution is 2.30. The van der Waals surface area contributed by atoms with E-state index in [0.29, 0.717) is 6.61 Å². The van der Waals surface area contributed by atoms with Gasteiger partial charge in [0.05, 0.1) is 0 Å². The summed E-state index contributed by atoms with van der Waals surface area (Å²) >= 11 is 0. The number of nitrogens with two attached hydrogens (primary N) is 1. The van der Waals surface area contributed by atoms with Crippen molar-refractivity contribution in [3.05, 3.63) is 29.8 Å². The Morgan fingerprint density at radius 2 is 1.88 bits per heavy atom. The van der Waals surface area contributed by atoms with Crippen molar-refractivity contribution in [2.24, 2.45) is 5.73 Å². The summed E-state index contributed by atoms with van der Waals surface area (Å²) < 4.78 is 5.79. The van der Waals surface area contributed by atoms with Crippen molar-refractivity contribution in [2.45, 2.75) is 45.6 Å². The van der Waals surface area contributed by atoms with E-state index < -0.39 is 0 Å². The lowest BCUT2D eigenvalue weighted by molar-refractivity contribution is 0.278. The van der Waals surface area contributed by atoms with Crippen molar-refractivity contribution in [2.75, 3.05) is 6.61 Å². The third-order valence-electron chi connectivity index (χ3n) is 2.67. The Kier molecular flexibility index (Phi) is 4.36. The molecule has 0 saturated carbocycles. The number of hydrogen-bond acceptors (Lipinski definition) is 2. The molecule has 0 bridgehead atoms. The zero-order valence-electron chi connectivity index (χ0n) is 10.8. The summed E-state index contributed by atoms with van der Waals surface area (Å²) in [5.41, 5.74) is 7.19. The summed E-state index contributed by atoms with van der Waals surface area (Å²) in [5.74, 6) is 0.957. The van der Waals surface area contributed by atoms with Crippen LogP contribution in [0.3, 0.4) is 0 Å². The summed E-state index contributed by atoms with van der Waals surface area (Å²) in [5, 5.41) is 0. The van der Waals surface area contributed by atoms with Crippen LogP contribution < -0.4 is 10.5 Å². The predicted octanol–water partition coefficient (Wildman–Crippen LogP) is 3.10. The largest absolute Gasteiger partial charge is 0.492 e. The van der Waals surface area contributed by atoms with Crippen LogP contribution in [-0.4, -0.2) is 12.6 Å². The minimum atomic E-state index is 0.104. The molecule has 0 radical (unpaired) electrons. The lowest BCUT2D eigenvalue weighted by Gasteiger charge is -2.23. The monoisotopic (exact) mass is 221 g/mol. The van der Waals surface area contributed by atoms with Crippen molar-refractivity contribution in [1.29, 1.82) is 0 Å². The van der Waals surface area contributed by atoms with E-state index in [2.05, 4.69) is 33.8 Å². The van der Waals surface area contributed by atoms with Gasteiger partial charge in [-0.3, -0.25) is 0 Å². The van der Waals surface area contributed by atoms with E-state index in [1.807, 2.05) is 18.2 Å². The van der Waals surface area contributed by atoms with Gasteiger partial charge in [0, 0.05) is 6.04 Å². The highest BCUT2D eigenvalue weighted by Gasteiger charge is 2.18. The van der Waals surface area contributed by atoms with E-state index in [4.69, 9.17) is 10.5 Å². The zero-order chi connectivity index (χ0) is 12.2. The lowest BCUT2D eigenvalue weighted by atomic mass is 9.86. The molecular formula is C14H23NO. The topological polar surface area (TPSA) is 35.2 Å².